The molecule has 0 heterocycles. The molecule has 1 N–H and O–H groups in total. The van der Waals surface area contributed by atoms with Crippen molar-refractivity contribution < 1.29 is 51.8 Å². The van der Waals surface area contributed by atoms with Crippen LogP contribution in [-0.2, 0) is 16.8 Å². The molecule has 1 saturated carbocycles. The number of rotatable bonds is 2. The quantitative estimate of drug-likeness (QED) is 0.452. The van der Waals surface area contributed by atoms with E-state index < -0.39 is 10.4 Å². The summed E-state index contributed by atoms with van der Waals surface area (Å²) in [5.41, 5.74) is 2.50. The molecule has 0 aliphatic heterocycles. The van der Waals surface area contributed by atoms with Gasteiger partial charge in [0.2, 0.25) is 0 Å². The van der Waals surface area contributed by atoms with E-state index in [0.717, 1.165) is 36.5 Å². The van der Waals surface area contributed by atoms with Crippen molar-refractivity contribution in [2.75, 3.05) is 0 Å². The summed E-state index contributed by atoms with van der Waals surface area (Å²) in [4.78, 5) is 0. The van der Waals surface area contributed by atoms with Crippen LogP contribution in [0.2, 0.25) is 0 Å². The van der Waals surface area contributed by atoms with Crippen molar-refractivity contribution >= 4 is 21.2 Å². The fourth-order valence-corrected chi connectivity index (χ4v) is 4.97. The van der Waals surface area contributed by atoms with Gasteiger partial charge in [-0.2, -0.15) is 0 Å². The Morgan fingerprint density at radius 2 is 2.00 bits per heavy atom. The molecular formula is C18H19NaO5S. The fourth-order valence-electron chi connectivity index (χ4n) is 4.63. The smallest absolute Gasteiger partial charge is 0.716 e. The first-order valence-electron chi connectivity index (χ1n) is 8.17. The van der Waals surface area contributed by atoms with Crippen LogP contribution in [0.25, 0.3) is 10.8 Å². The van der Waals surface area contributed by atoms with Crippen LogP contribution in [0.4, 0.5) is 0 Å². The number of fused-ring (bicyclic) bond motifs is 5. The molecule has 0 bridgehead atoms. The summed E-state index contributed by atoms with van der Waals surface area (Å²) in [6.45, 7) is 2.18. The van der Waals surface area contributed by atoms with Crippen LogP contribution in [0, 0.1) is 5.41 Å². The van der Waals surface area contributed by atoms with Crippen molar-refractivity contribution in [2.45, 2.75) is 44.6 Å². The van der Waals surface area contributed by atoms with E-state index in [-0.39, 0.29) is 46.8 Å². The molecule has 0 spiro atoms. The van der Waals surface area contributed by atoms with Crippen molar-refractivity contribution in [3.63, 3.8) is 0 Å². The summed E-state index contributed by atoms with van der Waals surface area (Å²) >= 11 is 0. The third-order valence-electron chi connectivity index (χ3n) is 5.91. The van der Waals surface area contributed by atoms with Gasteiger partial charge in [-0.05, 0) is 65.6 Å². The van der Waals surface area contributed by atoms with Crippen LogP contribution in [-0.4, -0.2) is 24.2 Å². The second-order valence-electron chi connectivity index (χ2n) is 7.16. The predicted molar refractivity (Wildman–Crippen MR) is 88.7 cm³/mol. The molecule has 2 unspecified atom stereocenters. The minimum Gasteiger partial charge on any atom is -0.716 e. The maximum Gasteiger partial charge on any atom is 1.00 e. The molecule has 2 aromatic rings. The topological polar surface area (TPSA) is 86.7 Å². The molecule has 2 aliphatic carbocycles. The van der Waals surface area contributed by atoms with Crippen molar-refractivity contribution in [2.24, 2.45) is 5.41 Å². The van der Waals surface area contributed by atoms with Gasteiger partial charge in [0.05, 0.1) is 6.10 Å². The van der Waals surface area contributed by atoms with E-state index in [1.807, 2.05) is 12.1 Å². The van der Waals surface area contributed by atoms with Crippen LogP contribution in [0.5, 0.6) is 5.75 Å². The Bertz CT molecular complexity index is 926. The Hall–Kier alpha value is -0.630. The number of aliphatic hydroxyl groups excluding tert-OH is 1. The Balaban J connectivity index is 0.00000182. The zero-order chi connectivity index (χ0) is 17.1. The van der Waals surface area contributed by atoms with Gasteiger partial charge in [-0.3, -0.25) is 0 Å². The monoisotopic (exact) mass is 370 g/mol. The Labute approximate surface area is 169 Å². The number of hydrogen-bond acceptors (Lipinski definition) is 5. The fraction of sp³-hybridized carbons (Fsp3) is 0.444. The molecule has 4 rings (SSSR count). The molecule has 7 heteroatoms. The maximum absolute atomic E-state index is 10.8. The van der Waals surface area contributed by atoms with Crippen molar-refractivity contribution in [3.8, 4) is 5.75 Å². The first-order chi connectivity index (χ1) is 11.3. The van der Waals surface area contributed by atoms with E-state index in [0.29, 0.717) is 5.92 Å². The van der Waals surface area contributed by atoms with Gasteiger partial charge in [0.1, 0.15) is 5.75 Å². The molecule has 0 amide bonds. The third-order valence-corrected chi connectivity index (χ3v) is 6.31. The number of hydrogen-bond donors (Lipinski definition) is 1. The standard InChI is InChI=1S/C18H20O5S.Na/c1-18-9-8-14-13-5-3-12(23-24(20,21)22)10-11(13)2-4-15(14)16(18)6-7-17(18)19;/h2-5,10,16-17,19H,6-9H2,1H3,(H,20,21,22);/q;+1/p-1/t16?,17-,18?;/m0./s1. The van der Waals surface area contributed by atoms with Crippen LogP contribution in [0.15, 0.2) is 30.3 Å². The van der Waals surface area contributed by atoms with E-state index in [9.17, 15) is 18.1 Å². The predicted octanol–water partition coefficient (Wildman–Crippen LogP) is -0.126. The first kappa shape index (κ1) is 19.1. The molecule has 5 nitrogen and oxygen atoms in total. The molecule has 0 aromatic heterocycles. The van der Waals surface area contributed by atoms with Gasteiger partial charge in [0.25, 0.3) is 10.4 Å². The number of aliphatic hydroxyl groups is 1. The first-order valence-corrected chi connectivity index (χ1v) is 9.50. The molecule has 128 valence electrons. The van der Waals surface area contributed by atoms with Crippen LogP contribution in [0.1, 0.15) is 43.2 Å². The number of aryl methyl sites for hydroxylation is 1. The zero-order valence-electron chi connectivity index (χ0n) is 14.4. The molecule has 2 aromatic carbocycles. The van der Waals surface area contributed by atoms with Gasteiger partial charge in [-0.15, -0.1) is 0 Å². The summed E-state index contributed by atoms with van der Waals surface area (Å²) in [6, 6.07) is 8.95. The minimum atomic E-state index is -4.77. The molecule has 1 fully saturated rings. The van der Waals surface area contributed by atoms with Gasteiger partial charge < -0.3 is 13.8 Å². The maximum atomic E-state index is 10.8. The van der Waals surface area contributed by atoms with Crippen molar-refractivity contribution in [1.82, 2.24) is 0 Å². The Morgan fingerprint density at radius 1 is 1.24 bits per heavy atom. The van der Waals surface area contributed by atoms with E-state index in [2.05, 4.69) is 17.2 Å². The van der Waals surface area contributed by atoms with E-state index in [1.165, 1.54) is 17.2 Å². The van der Waals surface area contributed by atoms with E-state index >= 15 is 0 Å². The number of benzene rings is 2. The Kier molecular flexibility index (Phi) is 4.99. The second kappa shape index (κ2) is 6.51. The van der Waals surface area contributed by atoms with Gasteiger partial charge in [0, 0.05) is 5.41 Å². The normalized spacial score (nSPS) is 28.1. The minimum absolute atomic E-state index is 0. The van der Waals surface area contributed by atoms with Gasteiger partial charge in [-0.25, -0.2) is 8.42 Å². The zero-order valence-corrected chi connectivity index (χ0v) is 17.2. The molecule has 3 atom stereocenters. The van der Waals surface area contributed by atoms with Crippen LogP contribution in [0.3, 0.4) is 0 Å². The van der Waals surface area contributed by atoms with Crippen LogP contribution >= 0.6 is 0 Å². The molecule has 2 aliphatic rings. The van der Waals surface area contributed by atoms with E-state index in [4.69, 9.17) is 0 Å². The largest absolute Gasteiger partial charge is 1.00 e. The second-order valence-corrected chi connectivity index (χ2v) is 8.14. The van der Waals surface area contributed by atoms with Crippen molar-refractivity contribution in [1.29, 1.82) is 0 Å². The SMILES string of the molecule is CC12CCc3c(ccc4cc(OS(=O)(=O)[O-])ccc34)C1CC[C@@H]2O.[Na+]. The summed E-state index contributed by atoms with van der Waals surface area (Å²) in [6.07, 6.45) is 3.41. The summed E-state index contributed by atoms with van der Waals surface area (Å²) in [7, 11) is -4.77. The molecular weight excluding hydrogens is 351 g/mol. The molecule has 25 heavy (non-hydrogen) atoms. The van der Waals surface area contributed by atoms with Crippen molar-refractivity contribution in [3.05, 3.63) is 41.5 Å². The van der Waals surface area contributed by atoms with Gasteiger partial charge in [-0.1, -0.05) is 25.1 Å². The van der Waals surface area contributed by atoms with Gasteiger partial charge >= 0.3 is 29.6 Å². The average molecular weight is 370 g/mol. The van der Waals surface area contributed by atoms with E-state index in [1.54, 1.807) is 6.07 Å². The van der Waals surface area contributed by atoms with Gasteiger partial charge in [0.15, 0.2) is 0 Å². The van der Waals surface area contributed by atoms with Crippen LogP contribution < -0.4 is 33.7 Å². The Morgan fingerprint density at radius 3 is 2.72 bits per heavy atom. The summed E-state index contributed by atoms with van der Waals surface area (Å²) in [5, 5.41) is 12.3. The third kappa shape index (κ3) is 3.24. The summed E-state index contributed by atoms with van der Waals surface area (Å²) < 4.78 is 36.7. The summed E-state index contributed by atoms with van der Waals surface area (Å²) in [5.74, 6) is 0.396. The molecule has 0 radical (unpaired) electrons. The average Bonchev–Trinajstić information content (AvgIpc) is 2.81. The molecule has 0 saturated heterocycles.